The van der Waals surface area contributed by atoms with Gasteiger partial charge in [-0.1, -0.05) is 17.3 Å². The molecule has 3 rings (SSSR count). The van der Waals surface area contributed by atoms with Crippen molar-refractivity contribution in [3.63, 3.8) is 0 Å². The van der Waals surface area contributed by atoms with Crippen molar-refractivity contribution in [1.29, 1.82) is 0 Å². The highest BCUT2D eigenvalue weighted by Gasteiger charge is 2.21. The van der Waals surface area contributed by atoms with Crippen LogP contribution in [0.25, 0.3) is 5.69 Å². The Balaban J connectivity index is 1.75. The molecule has 1 unspecified atom stereocenters. The monoisotopic (exact) mass is 455 g/mol. The van der Waals surface area contributed by atoms with Crippen LogP contribution in [0.15, 0.2) is 42.5 Å². The van der Waals surface area contributed by atoms with Crippen LogP contribution in [0, 0.1) is 17.0 Å². The number of nitro groups is 1. The molecule has 1 atom stereocenters. The highest BCUT2D eigenvalue weighted by molar-refractivity contribution is 5.93. The van der Waals surface area contributed by atoms with Gasteiger partial charge in [-0.15, -0.1) is 5.10 Å². The molecule has 0 aliphatic heterocycles. The van der Waals surface area contributed by atoms with Crippen molar-refractivity contribution in [3.05, 3.63) is 69.5 Å². The molecule has 0 aliphatic carbocycles. The first-order valence-electron chi connectivity index (χ1n) is 10.1. The zero-order valence-electron chi connectivity index (χ0n) is 18.8. The van der Waals surface area contributed by atoms with E-state index in [1.807, 2.05) is 13.0 Å². The van der Waals surface area contributed by atoms with E-state index in [1.54, 1.807) is 45.4 Å². The Morgan fingerprint density at radius 1 is 1.18 bits per heavy atom. The third-order valence-electron chi connectivity index (χ3n) is 4.98. The van der Waals surface area contributed by atoms with E-state index in [0.29, 0.717) is 36.1 Å². The van der Waals surface area contributed by atoms with E-state index in [4.69, 9.17) is 14.2 Å². The predicted molar refractivity (Wildman–Crippen MR) is 119 cm³/mol. The fraction of sp³-hybridized carbons (Fsp3) is 0.318. The van der Waals surface area contributed by atoms with Gasteiger partial charge in [-0.2, -0.15) is 0 Å². The number of benzene rings is 2. The highest BCUT2D eigenvalue weighted by atomic mass is 16.6. The fourth-order valence-corrected chi connectivity index (χ4v) is 3.18. The number of rotatable bonds is 10. The second kappa shape index (κ2) is 10.6. The van der Waals surface area contributed by atoms with Crippen molar-refractivity contribution < 1.29 is 23.9 Å². The van der Waals surface area contributed by atoms with Gasteiger partial charge in [0.25, 0.3) is 11.6 Å². The number of non-ortho nitro benzene ring substituents is 1. The number of carbonyl (C=O) groups is 1. The largest absolute Gasteiger partial charge is 0.493 e. The third-order valence-corrected chi connectivity index (χ3v) is 4.98. The van der Waals surface area contributed by atoms with Gasteiger partial charge < -0.3 is 19.5 Å². The van der Waals surface area contributed by atoms with E-state index in [9.17, 15) is 14.9 Å². The zero-order chi connectivity index (χ0) is 24.0. The Morgan fingerprint density at radius 3 is 2.67 bits per heavy atom. The predicted octanol–water partition coefficient (Wildman–Crippen LogP) is 3.01. The van der Waals surface area contributed by atoms with Crippen LogP contribution in [0.1, 0.15) is 34.7 Å². The maximum atomic E-state index is 12.9. The Bertz CT molecular complexity index is 1150. The van der Waals surface area contributed by atoms with E-state index in [1.165, 1.54) is 16.8 Å². The lowest BCUT2D eigenvalue weighted by atomic mass is 10.1. The summed E-state index contributed by atoms with van der Waals surface area (Å²) < 4.78 is 17.4. The molecule has 0 spiro atoms. The lowest BCUT2D eigenvalue weighted by Crippen LogP contribution is -2.27. The van der Waals surface area contributed by atoms with Crippen molar-refractivity contribution in [2.45, 2.75) is 19.9 Å². The number of carbonyl (C=O) groups excluding carboxylic acids is 1. The summed E-state index contributed by atoms with van der Waals surface area (Å²) in [7, 11) is 3.14. The molecule has 0 bridgehead atoms. The van der Waals surface area contributed by atoms with Gasteiger partial charge in [-0.25, -0.2) is 4.68 Å². The number of hydrogen-bond acceptors (Lipinski definition) is 8. The van der Waals surface area contributed by atoms with E-state index in [2.05, 4.69) is 15.6 Å². The molecule has 0 saturated heterocycles. The average molecular weight is 455 g/mol. The molecule has 0 fully saturated rings. The Morgan fingerprint density at radius 2 is 1.97 bits per heavy atom. The summed E-state index contributed by atoms with van der Waals surface area (Å²) in [6.07, 6.45) is 0. The summed E-state index contributed by atoms with van der Waals surface area (Å²) in [6.45, 7) is 4.35. The molecule has 1 N–H and O–H groups in total. The lowest BCUT2D eigenvalue weighted by molar-refractivity contribution is -0.384. The Labute approximate surface area is 190 Å². The molecule has 3 aromatic rings. The molecule has 1 heterocycles. The SMILES string of the molecule is COCCOc1ccc(C(C)NC(=O)c2nnn(-c3cccc([N+](=O)[O-])c3)c2C)cc1OC. The number of aromatic nitrogens is 3. The molecule has 0 aliphatic rings. The second-order valence-corrected chi connectivity index (χ2v) is 7.16. The van der Waals surface area contributed by atoms with Crippen LogP contribution in [0.2, 0.25) is 0 Å². The van der Waals surface area contributed by atoms with Crippen molar-refractivity contribution >= 4 is 11.6 Å². The van der Waals surface area contributed by atoms with E-state index >= 15 is 0 Å². The molecule has 0 saturated carbocycles. The number of hydrogen-bond donors (Lipinski definition) is 1. The number of methoxy groups -OCH3 is 2. The molecule has 11 nitrogen and oxygen atoms in total. The van der Waals surface area contributed by atoms with Crippen molar-refractivity contribution in [2.24, 2.45) is 0 Å². The summed E-state index contributed by atoms with van der Waals surface area (Å²) >= 11 is 0. The van der Waals surface area contributed by atoms with E-state index < -0.39 is 10.8 Å². The zero-order valence-corrected chi connectivity index (χ0v) is 18.8. The Kier molecular flexibility index (Phi) is 7.57. The summed E-state index contributed by atoms with van der Waals surface area (Å²) in [6, 6.07) is 11.0. The maximum absolute atomic E-state index is 12.9. The highest BCUT2D eigenvalue weighted by Crippen LogP contribution is 2.30. The van der Waals surface area contributed by atoms with E-state index in [0.717, 1.165) is 5.56 Å². The van der Waals surface area contributed by atoms with Gasteiger partial charge in [0.05, 0.1) is 36.1 Å². The number of nitrogens with zero attached hydrogens (tertiary/aromatic N) is 4. The lowest BCUT2D eigenvalue weighted by Gasteiger charge is -2.17. The topological polar surface area (TPSA) is 131 Å². The summed E-state index contributed by atoms with van der Waals surface area (Å²) in [5.41, 5.74) is 1.75. The van der Waals surface area contributed by atoms with Crippen molar-refractivity contribution in [3.8, 4) is 17.2 Å². The first kappa shape index (κ1) is 23.7. The van der Waals surface area contributed by atoms with Crippen LogP contribution in [0.3, 0.4) is 0 Å². The molecule has 1 amide bonds. The standard InChI is InChI=1S/C22H25N5O6/c1-14(16-8-9-19(20(12-16)32-4)33-11-10-31-3)23-22(28)21-15(2)26(25-24-21)17-6-5-7-18(13-17)27(29)30/h5-9,12-14H,10-11H2,1-4H3,(H,23,28). The molecular weight excluding hydrogens is 430 g/mol. The summed E-state index contributed by atoms with van der Waals surface area (Å²) in [5.74, 6) is 0.695. The number of nitro benzene ring substituents is 1. The molecule has 1 aromatic heterocycles. The van der Waals surface area contributed by atoms with E-state index in [-0.39, 0.29) is 17.4 Å². The normalized spacial score (nSPS) is 11.6. The molecule has 174 valence electrons. The van der Waals surface area contributed by atoms with Gasteiger partial charge in [-0.05, 0) is 37.6 Å². The maximum Gasteiger partial charge on any atom is 0.274 e. The van der Waals surface area contributed by atoms with Gasteiger partial charge in [-0.3, -0.25) is 14.9 Å². The first-order valence-corrected chi connectivity index (χ1v) is 10.1. The van der Waals surface area contributed by atoms with Gasteiger partial charge in [0.15, 0.2) is 17.2 Å². The minimum atomic E-state index is -0.493. The van der Waals surface area contributed by atoms with Crippen molar-refractivity contribution in [1.82, 2.24) is 20.3 Å². The average Bonchev–Trinajstić information content (AvgIpc) is 3.20. The molecular formula is C22H25N5O6. The van der Waals surface area contributed by atoms with Crippen LogP contribution in [0.5, 0.6) is 11.5 Å². The fourth-order valence-electron chi connectivity index (χ4n) is 3.18. The van der Waals surface area contributed by atoms with Gasteiger partial charge in [0.2, 0.25) is 0 Å². The van der Waals surface area contributed by atoms with Crippen LogP contribution < -0.4 is 14.8 Å². The second-order valence-electron chi connectivity index (χ2n) is 7.16. The minimum absolute atomic E-state index is 0.0781. The number of ether oxygens (including phenoxy) is 3. The molecule has 11 heteroatoms. The third kappa shape index (κ3) is 5.44. The molecule has 33 heavy (non-hydrogen) atoms. The van der Waals surface area contributed by atoms with Crippen molar-refractivity contribution in [2.75, 3.05) is 27.4 Å². The van der Waals surface area contributed by atoms with Crippen LogP contribution in [-0.4, -0.2) is 53.3 Å². The quantitative estimate of drug-likeness (QED) is 0.280. The van der Waals surface area contributed by atoms with Crippen LogP contribution in [-0.2, 0) is 4.74 Å². The van der Waals surface area contributed by atoms with Gasteiger partial charge in [0, 0.05) is 19.2 Å². The minimum Gasteiger partial charge on any atom is -0.493 e. The number of amides is 1. The Hall–Kier alpha value is -3.99. The van der Waals surface area contributed by atoms with Gasteiger partial charge >= 0.3 is 0 Å². The number of nitrogens with one attached hydrogen (secondary N) is 1. The smallest absolute Gasteiger partial charge is 0.274 e. The first-order chi connectivity index (χ1) is 15.8. The molecule has 2 aromatic carbocycles. The van der Waals surface area contributed by atoms with Gasteiger partial charge in [0.1, 0.15) is 6.61 Å². The summed E-state index contributed by atoms with van der Waals surface area (Å²) in [5, 5.41) is 21.9. The van der Waals surface area contributed by atoms with Crippen LogP contribution >= 0.6 is 0 Å². The molecule has 0 radical (unpaired) electrons. The summed E-state index contributed by atoms with van der Waals surface area (Å²) in [4.78, 5) is 23.4. The van der Waals surface area contributed by atoms with Crippen LogP contribution in [0.4, 0.5) is 5.69 Å².